The van der Waals surface area contributed by atoms with E-state index in [1.165, 1.54) is 0 Å². The molecule has 0 unspecified atom stereocenters. The molecular formula is C16H20BrNO3. The predicted octanol–water partition coefficient (Wildman–Crippen LogP) is 3.14. The molecule has 4 nitrogen and oxygen atoms in total. The summed E-state index contributed by atoms with van der Waals surface area (Å²) >= 11 is 3.39. The Morgan fingerprint density at radius 3 is 2.33 bits per heavy atom. The number of carbonyl (C=O) groups excluding carboxylic acids is 1. The summed E-state index contributed by atoms with van der Waals surface area (Å²) in [5.41, 5.74) is 1.14. The van der Waals surface area contributed by atoms with Crippen molar-refractivity contribution in [3.8, 4) is 0 Å². The summed E-state index contributed by atoms with van der Waals surface area (Å²) in [4.78, 5) is 22.8. The second-order valence-electron chi connectivity index (χ2n) is 5.58. The number of carboxylic acids is 1. The smallest absolute Gasteiger partial charge is 0.306 e. The molecule has 1 fully saturated rings. The number of carbonyl (C=O) groups is 2. The summed E-state index contributed by atoms with van der Waals surface area (Å²) in [6.45, 7) is 0. The second-order valence-corrected chi connectivity index (χ2v) is 6.50. The van der Waals surface area contributed by atoms with Crippen LogP contribution in [0, 0.1) is 5.92 Å². The van der Waals surface area contributed by atoms with Crippen LogP contribution in [0.5, 0.6) is 0 Å². The van der Waals surface area contributed by atoms with Crippen molar-refractivity contribution >= 4 is 27.8 Å². The van der Waals surface area contributed by atoms with Crippen molar-refractivity contribution < 1.29 is 14.7 Å². The molecule has 0 heterocycles. The Balaban J connectivity index is 1.70. The minimum atomic E-state index is -0.713. The van der Waals surface area contributed by atoms with E-state index in [1.54, 1.807) is 0 Å². The molecule has 2 rings (SSSR count). The van der Waals surface area contributed by atoms with E-state index in [1.807, 2.05) is 24.3 Å². The maximum Gasteiger partial charge on any atom is 0.306 e. The highest BCUT2D eigenvalue weighted by molar-refractivity contribution is 9.10. The number of amides is 1. The topological polar surface area (TPSA) is 66.4 Å². The fourth-order valence-electron chi connectivity index (χ4n) is 2.69. The van der Waals surface area contributed by atoms with Gasteiger partial charge in [-0.05, 0) is 49.8 Å². The number of nitrogens with one attached hydrogen (secondary N) is 1. The largest absolute Gasteiger partial charge is 0.481 e. The standard InChI is InChI=1S/C16H20BrNO3/c17-13-6-1-11(2-7-13)3-10-15(19)18-14-8-4-12(5-9-14)16(20)21/h1-2,6-7,12,14H,3-5,8-10H2,(H,18,19)(H,20,21). The Kier molecular flexibility index (Phi) is 5.79. The van der Waals surface area contributed by atoms with Crippen LogP contribution in [0.4, 0.5) is 0 Å². The molecular weight excluding hydrogens is 334 g/mol. The third kappa shape index (κ3) is 5.16. The zero-order valence-corrected chi connectivity index (χ0v) is 13.4. The molecule has 1 aromatic rings. The van der Waals surface area contributed by atoms with Crippen molar-refractivity contribution in [2.45, 2.75) is 44.6 Å². The number of benzene rings is 1. The molecule has 0 radical (unpaired) electrons. The van der Waals surface area contributed by atoms with Crippen LogP contribution in [0.25, 0.3) is 0 Å². The summed E-state index contributed by atoms with van der Waals surface area (Å²) in [6, 6.07) is 8.10. The molecule has 0 spiro atoms. The average molecular weight is 354 g/mol. The van der Waals surface area contributed by atoms with Crippen LogP contribution in [-0.2, 0) is 16.0 Å². The molecule has 1 amide bonds. The number of rotatable bonds is 5. The zero-order chi connectivity index (χ0) is 15.2. The first-order valence-corrected chi connectivity index (χ1v) is 8.10. The first kappa shape index (κ1) is 16.0. The van der Waals surface area contributed by atoms with Gasteiger partial charge in [0.25, 0.3) is 0 Å². The van der Waals surface area contributed by atoms with Gasteiger partial charge in [0.05, 0.1) is 5.92 Å². The molecule has 0 aliphatic heterocycles. The molecule has 0 aromatic heterocycles. The molecule has 1 aromatic carbocycles. The number of carboxylic acid groups (broad SMARTS) is 1. The molecule has 0 bridgehead atoms. The van der Waals surface area contributed by atoms with E-state index in [0.717, 1.165) is 29.3 Å². The van der Waals surface area contributed by atoms with Crippen LogP contribution >= 0.6 is 15.9 Å². The molecule has 0 saturated heterocycles. The molecule has 21 heavy (non-hydrogen) atoms. The summed E-state index contributed by atoms with van der Waals surface area (Å²) in [5.74, 6) is -0.896. The van der Waals surface area contributed by atoms with Gasteiger partial charge < -0.3 is 10.4 Å². The molecule has 1 aliphatic rings. The third-order valence-electron chi connectivity index (χ3n) is 4.00. The summed E-state index contributed by atoms with van der Waals surface area (Å²) < 4.78 is 1.03. The van der Waals surface area contributed by atoms with Gasteiger partial charge in [-0.3, -0.25) is 9.59 Å². The van der Waals surface area contributed by atoms with Gasteiger partial charge in [-0.25, -0.2) is 0 Å². The SMILES string of the molecule is O=C(CCc1ccc(Br)cc1)NC1CCC(C(=O)O)CC1. The van der Waals surface area contributed by atoms with Gasteiger partial charge in [-0.1, -0.05) is 28.1 Å². The van der Waals surface area contributed by atoms with Crippen molar-refractivity contribution in [2.75, 3.05) is 0 Å². The molecule has 0 atom stereocenters. The molecule has 114 valence electrons. The molecule has 2 N–H and O–H groups in total. The summed E-state index contributed by atoms with van der Waals surface area (Å²) in [5, 5.41) is 12.0. The van der Waals surface area contributed by atoms with Crippen LogP contribution in [-0.4, -0.2) is 23.0 Å². The number of aliphatic carboxylic acids is 1. The van der Waals surface area contributed by atoms with E-state index in [0.29, 0.717) is 19.3 Å². The Bertz CT molecular complexity index is 493. The number of hydrogen-bond donors (Lipinski definition) is 2. The van der Waals surface area contributed by atoms with Gasteiger partial charge in [-0.2, -0.15) is 0 Å². The normalized spacial score (nSPS) is 21.8. The lowest BCUT2D eigenvalue weighted by molar-refractivity contribution is -0.142. The maximum absolute atomic E-state index is 11.9. The average Bonchev–Trinajstić information content (AvgIpc) is 2.47. The van der Waals surface area contributed by atoms with Gasteiger partial charge in [0.1, 0.15) is 0 Å². The van der Waals surface area contributed by atoms with Crippen LogP contribution < -0.4 is 5.32 Å². The summed E-state index contributed by atoms with van der Waals surface area (Å²) in [7, 11) is 0. The quantitative estimate of drug-likeness (QED) is 0.854. The number of aryl methyl sites for hydroxylation is 1. The first-order valence-electron chi connectivity index (χ1n) is 7.31. The lowest BCUT2D eigenvalue weighted by Gasteiger charge is -2.26. The zero-order valence-electron chi connectivity index (χ0n) is 11.8. The Morgan fingerprint density at radius 1 is 1.14 bits per heavy atom. The highest BCUT2D eigenvalue weighted by Gasteiger charge is 2.26. The van der Waals surface area contributed by atoms with Crippen LogP contribution in [0.2, 0.25) is 0 Å². The van der Waals surface area contributed by atoms with Crippen molar-refractivity contribution in [3.63, 3.8) is 0 Å². The predicted molar refractivity (Wildman–Crippen MR) is 84.0 cm³/mol. The first-order chi connectivity index (χ1) is 10.0. The minimum Gasteiger partial charge on any atom is -0.481 e. The van der Waals surface area contributed by atoms with E-state index in [2.05, 4.69) is 21.2 Å². The molecule has 1 saturated carbocycles. The second kappa shape index (κ2) is 7.59. The number of halogens is 1. The minimum absolute atomic E-state index is 0.0525. The molecule has 1 aliphatic carbocycles. The van der Waals surface area contributed by atoms with Gasteiger partial charge >= 0.3 is 5.97 Å². The van der Waals surface area contributed by atoms with Gasteiger partial charge in [0.2, 0.25) is 5.91 Å². The van der Waals surface area contributed by atoms with Gasteiger partial charge in [0, 0.05) is 16.9 Å². The van der Waals surface area contributed by atoms with Crippen LogP contribution in [0.1, 0.15) is 37.7 Å². The Hall–Kier alpha value is -1.36. The highest BCUT2D eigenvalue weighted by Crippen LogP contribution is 2.24. The van der Waals surface area contributed by atoms with Gasteiger partial charge in [-0.15, -0.1) is 0 Å². The van der Waals surface area contributed by atoms with E-state index in [9.17, 15) is 9.59 Å². The van der Waals surface area contributed by atoms with E-state index in [-0.39, 0.29) is 17.9 Å². The maximum atomic E-state index is 11.9. The monoisotopic (exact) mass is 353 g/mol. The van der Waals surface area contributed by atoms with Crippen molar-refractivity contribution in [1.29, 1.82) is 0 Å². The number of hydrogen-bond acceptors (Lipinski definition) is 2. The molecule has 5 heteroatoms. The third-order valence-corrected chi connectivity index (χ3v) is 4.52. The van der Waals surface area contributed by atoms with Crippen LogP contribution in [0.3, 0.4) is 0 Å². The van der Waals surface area contributed by atoms with E-state index in [4.69, 9.17) is 5.11 Å². The van der Waals surface area contributed by atoms with E-state index < -0.39 is 5.97 Å². The Morgan fingerprint density at radius 2 is 1.76 bits per heavy atom. The fourth-order valence-corrected chi connectivity index (χ4v) is 2.96. The highest BCUT2D eigenvalue weighted by atomic mass is 79.9. The van der Waals surface area contributed by atoms with Gasteiger partial charge in [0.15, 0.2) is 0 Å². The summed E-state index contributed by atoms with van der Waals surface area (Å²) in [6.07, 6.45) is 4.05. The fraction of sp³-hybridized carbons (Fsp3) is 0.500. The van der Waals surface area contributed by atoms with Crippen LogP contribution in [0.15, 0.2) is 28.7 Å². The van der Waals surface area contributed by atoms with E-state index >= 15 is 0 Å². The van der Waals surface area contributed by atoms with Crippen molar-refractivity contribution in [2.24, 2.45) is 5.92 Å². The van der Waals surface area contributed by atoms with Crippen molar-refractivity contribution in [3.05, 3.63) is 34.3 Å². The lowest BCUT2D eigenvalue weighted by atomic mass is 9.86. The Labute approximate surface area is 133 Å². The lowest BCUT2D eigenvalue weighted by Crippen LogP contribution is -2.38. The van der Waals surface area contributed by atoms with Crippen molar-refractivity contribution in [1.82, 2.24) is 5.32 Å².